The molecule has 0 aliphatic rings. The van der Waals surface area contributed by atoms with Crippen LogP contribution in [0.4, 0.5) is 16.2 Å². The summed E-state index contributed by atoms with van der Waals surface area (Å²) >= 11 is 0. The maximum absolute atomic E-state index is 12.0. The Bertz CT molecular complexity index is 925. The van der Waals surface area contributed by atoms with Gasteiger partial charge in [-0.05, 0) is 42.5 Å². The predicted octanol–water partition coefficient (Wildman–Crippen LogP) is 3.81. The SMILES string of the molecule is CCc1nc(-c2ccc(NC(=O)Nc3cccc(C#N)c3)cc2)no1. The molecule has 25 heavy (non-hydrogen) atoms. The van der Waals surface area contributed by atoms with Crippen LogP contribution in [0.3, 0.4) is 0 Å². The summed E-state index contributed by atoms with van der Waals surface area (Å²) in [5.41, 5.74) is 2.45. The van der Waals surface area contributed by atoms with Crippen LogP contribution >= 0.6 is 0 Å². The Hall–Kier alpha value is -3.66. The van der Waals surface area contributed by atoms with E-state index in [4.69, 9.17) is 9.78 Å². The van der Waals surface area contributed by atoms with Crippen molar-refractivity contribution in [3.8, 4) is 17.5 Å². The van der Waals surface area contributed by atoms with E-state index in [-0.39, 0.29) is 0 Å². The number of nitrogens with one attached hydrogen (secondary N) is 2. The molecule has 3 aromatic rings. The lowest BCUT2D eigenvalue weighted by atomic mass is 10.2. The summed E-state index contributed by atoms with van der Waals surface area (Å²) in [7, 11) is 0. The van der Waals surface area contributed by atoms with E-state index < -0.39 is 6.03 Å². The first-order valence-electron chi connectivity index (χ1n) is 7.69. The van der Waals surface area contributed by atoms with Gasteiger partial charge < -0.3 is 15.2 Å². The number of aromatic nitrogens is 2. The minimum Gasteiger partial charge on any atom is -0.339 e. The zero-order chi connectivity index (χ0) is 17.6. The molecule has 0 unspecified atom stereocenters. The number of carbonyl (C=O) groups excluding carboxylic acids is 1. The molecule has 1 heterocycles. The lowest BCUT2D eigenvalue weighted by Crippen LogP contribution is -2.19. The number of carbonyl (C=O) groups is 1. The molecular weight excluding hydrogens is 318 g/mol. The van der Waals surface area contributed by atoms with Gasteiger partial charge in [0.15, 0.2) is 0 Å². The molecule has 1 aromatic heterocycles. The Morgan fingerprint density at radius 3 is 2.60 bits per heavy atom. The molecule has 124 valence electrons. The Morgan fingerprint density at radius 1 is 1.16 bits per heavy atom. The van der Waals surface area contributed by atoms with Crippen LogP contribution in [0.2, 0.25) is 0 Å². The average molecular weight is 333 g/mol. The lowest BCUT2D eigenvalue weighted by Gasteiger charge is -2.08. The third-order valence-corrected chi connectivity index (χ3v) is 3.42. The molecular formula is C18H15N5O2. The van der Waals surface area contributed by atoms with E-state index in [1.165, 1.54) is 0 Å². The maximum atomic E-state index is 12.0. The maximum Gasteiger partial charge on any atom is 0.323 e. The van der Waals surface area contributed by atoms with E-state index in [0.717, 1.165) is 5.56 Å². The van der Waals surface area contributed by atoms with Crippen molar-refractivity contribution < 1.29 is 9.32 Å². The number of aryl methyl sites for hydroxylation is 1. The fourth-order valence-corrected chi connectivity index (χ4v) is 2.18. The summed E-state index contributed by atoms with van der Waals surface area (Å²) in [4.78, 5) is 16.3. The molecule has 0 aliphatic carbocycles. The molecule has 0 saturated carbocycles. The number of benzene rings is 2. The van der Waals surface area contributed by atoms with Crippen molar-refractivity contribution in [3.63, 3.8) is 0 Å². The van der Waals surface area contributed by atoms with Crippen LogP contribution in [0.15, 0.2) is 53.1 Å². The first-order valence-corrected chi connectivity index (χ1v) is 7.69. The van der Waals surface area contributed by atoms with Crippen LogP contribution in [-0.4, -0.2) is 16.2 Å². The molecule has 3 rings (SSSR count). The summed E-state index contributed by atoms with van der Waals surface area (Å²) in [5, 5.41) is 18.2. The quantitative estimate of drug-likeness (QED) is 0.755. The molecule has 7 heteroatoms. The molecule has 0 atom stereocenters. The van der Waals surface area contributed by atoms with E-state index in [0.29, 0.717) is 35.1 Å². The second kappa shape index (κ2) is 7.27. The van der Waals surface area contributed by atoms with Crippen molar-refractivity contribution in [2.75, 3.05) is 10.6 Å². The van der Waals surface area contributed by atoms with E-state index in [1.54, 1.807) is 48.5 Å². The van der Waals surface area contributed by atoms with Crippen molar-refractivity contribution >= 4 is 17.4 Å². The lowest BCUT2D eigenvalue weighted by molar-refractivity contribution is 0.262. The van der Waals surface area contributed by atoms with Gasteiger partial charge in [0.05, 0.1) is 11.6 Å². The largest absolute Gasteiger partial charge is 0.339 e. The van der Waals surface area contributed by atoms with Gasteiger partial charge in [0.25, 0.3) is 0 Å². The van der Waals surface area contributed by atoms with Crippen LogP contribution in [0.1, 0.15) is 18.4 Å². The summed E-state index contributed by atoms with van der Waals surface area (Å²) < 4.78 is 5.08. The number of amides is 2. The van der Waals surface area contributed by atoms with E-state index in [9.17, 15) is 4.79 Å². The number of nitriles is 1. The van der Waals surface area contributed by atoms with Gasteiger partial charge in [0.1, 0.15) is 0 Å². The second-order valence-corrected chi connectivity index (χ2v) is 5.21. The highest BCUT2D eigenvalue weighted by Crippen LogP contribution is 2.19. The smallest absolute Gasteiger partial charge is 0.323 e. The summed E-state index contributed by atoms with van der Waals surface area (Å²) in [6.45, 7) is 1.94. The van der Waals surface area contributed by atoms with Crippen LogP contribution in [-0.2, 0) is 6.42 Å². The monoisotopic (exact) mass is 333 g/mol. The fraction of sp³-hybridized carbons (Fsp3) is 0.111. The van der Waals surface area contributed by atoms with E-state index >= 15 is 0 Å². The Morgan fingerprint density at radius 2 is 1.92 bits per heavy atom. The normalized spacial score (nSPS) is 10.1. The molecule has 0 saturated heterocycles. The Balaban J connectivity index is 1.64. The standard InChI is InChI=1S/C18H15N5O2/c1-2-16-22-17(23-25-16)13-6-8-14(9-7-13)20-18(24)21-15-5-3-4-12(10-15)11-19/h3-10H,2H2,1H3,(H2,20,21,24). The van der Waals surface area contributed by atoms with Gasteiger partial charge in [-0.3, -0.25) is 0 Å². The Labute approximate surface area is 144 Å². The summed E-state index contributed by atoms with van der Waals surface area (Å²) in [5.74, 6) is 1.09. The van der Waals surface area contributed by atoms with Crippen molar-refractivity contribution in [1.82, 2.24) is 10.1 Å². The molecule has 0 aliphatic heterocycles. The fourth-order valence-electron chi connectivity index (χ4n) is 2.18. The Kier molecular flexibility index (Phi) is 4.72. The van der Waals surface area contributed by atoms with Crippen molar-refractivity contribution in [3.05, 3.63) is 60.0 Å². The molecule has 0 radical (unpaired) electrons. The van der Waals surface area contributed by atoms with Gasteiger partial charge in [0, 0.05) is 23.4 Å². The molecule has 2 N–H and O–H groups in total. The number of anilines is 2. The third kappa shape index (κ3) is 4.00. The number of hydrogen-bond acceptors (Lipinski definition) is 5. The zero-order valence-corrected chi connectivity index (χ0v) is 13.5. The van der Waals surface area contributed by atoms with Gasteiger partial charge in [-0.1, -0.05) is 18.1 Å². The number of rotatable bonds is 4. The molecule has 2 amide bonds. The molecule has 0 fully saturated rings. The second-order valence-electron chi connectivity index (χ2n) is 5.21. The number of hydrogen-bond donors (Lipinski definition) is 2. The van der Waals surface area contributed by atoms with Gasteiger partial charge in [0.2, 0.25) is 11.7 Å². The minimum absolute atomic E-state index is 0.393. The topological polar surface area (TPSA) is 104 Å². The van der Waals surface area contributed by atoms with Crippen LogP contribution in [0, 0.1) is 11.3 Å². The molecule has 0 spiro atoms. The van der Waals surface area contributed by atoms with Crippen LogP contribution in [0.5, 0.6) is 0 Å². The van der Waals surface area contributed by atoms with Gasteiger partial charge >= 0.3 is 6.03 Å². The van der Waals surface area contributed by atoms with Gasteiger partial charge in [-0.25, -0.2) is 4.79 Å². The molecule has 7 nitrogen and oxygen atoms in total. The predicted molar refractivity (Wildman–Crippen MR) is 92.9 cm³/mol. The molecule has 0 bridgehead atoms. The summed E-state index contributed by atoms with van der Waals surface area (Å²) in [6, 6.07) is 15.4. The van der Waals surface area contributed by atoms with Crippen molar-refractivity contribution in [2.45, 2.75) is 13.3 Å². The third-order valence-electron chi connectivity index (χ3n) is 3.42. The van der Waals surface area contributed by atoms with Gasteiger partial charge in [-0.2, -0.15) is 10.2 Å². The van der Waals surface area contributed by atoms with Crippen LogP contribution < -0.4 is 10.6 Å². The number of urea groups is 1. The molecule has 2 aromatic carbocycles. The first kappa shape index (κ1) is 16.2. The summed E-state index contributed by atoms with van der Waals surface area (Å²) in [6.07, 6.45) is 0.680. The average Bonchev–Trinajstić information content (AvgIpc) is 3.11. The van der Waals surface area contributed by atoms with Crippen LogP contribution in [0.25, 0.3) is 11.4 Å². The highest BCUT2D eigenvalue weighted by molar-refractivity contribution is 5.99. The van der Waals surface area contributed by atoms with Crippen molar-refractivity contribution in [2.24, 2.45) is 0 Å². The highest BCUT2D eigenvalue weighted by Gasteiger charge is 2.08. The zero-order valence-electron chi connectivity index (χ0n) is 13.5. The van der Waals surface area contributed by atoms with E-state index in [1.807, 2.05) is 13.0 Å². The van der Waals surface area contributed by atoms with E-state index in [2.05, 4.69) is 20.8 Å². The minimum atomic E-state index is -0.393. The highest BCUT2D eigenvalue weighted by atomic mass is 16.5. The van der Waals surface area contributed by atoms with Crippen molar-refractivity contribution in [1.29, 1.82) is 5.26 Å². The van der Waals surface area contributed by atoms with Gasteiger partial charge in [-0.15, -0.1) is 0 Å². The first-order chi connectivity index (χ1) is 12.2. The number of nitrogens with zero attached hydrogens (tertiary/aromatic N) is 3.